The van der Waals surface area contributed by atoms with E-state index in [9.17, 15) is 9.90 Å². The lowest BCUT2D eigenvalue weighted by molar-refractivity contribution is 0.0697. The Labute approximate surface area is 182 Å². The number of hydrogen-bond donors (Lipinski definition) is 3. The lowest BCUT2D eigenvalue weighted by Crippen LogP contribution is -2.22. The van der Waals surface area contributed by atoms with Gasteiger partial charge in [0.15, 0.2) is 0 Å². The summed E-state index contributed by atoms with van der Waals surface area (Å²) in [5.74, 6) is -0.958. The molecule has 4 rings (SSSR count). The van der Waals surface area contributed by atoms with E-state index in [0.29, 0.717) is 12.2 Å². The number of aromatic nitrogens is 1. The molecule has 6 heteroatoms. The molecule has 0 spiro atoms. The van der Waals surface area contributed by atoms with Crippen LogP contribution in [0.5, 0.6) is 0 Å². The lowest BCUT2D eigenvalue weighted by Gasteiger charge is -2.21. The zero-order valence-electron chi connectivity index (χ0n) is 17.9. The highest BCUT2D eigenvalue weighted by atomic mass is 16.4. The first-order valence-electron chi connectivity index (χ1n) is 10.7. The van der Waals surface area contributed by atoms with Gasteiger partial charge in [0, 0.05) is 37.7 Å². The second kappa shape index (κ2) is 9.18. The molecule has 1 atom stereocenters. The van der Waals surface area contributed by atoms with Crippen LogP contribution in [0.2, 0.25) is 0 Å². The molecule has 2 heterocycles. The Bertz CT molecular complexity index is 1070. The number of aryl methyl sites for hydroxylation is 1. The Hall–Kier alpha value is -3.38. The first-order chi connectivity index (χ1) is 15.1. The van der Waals surface area contributed by atoms with Crippen molar-refractivity contribution in [3.8, 4) is 0 Å². The predicted molar refractivity (Wildman–Crippen MR) is 124 cm³/mol. The third kappa shape index (κ3) is 4.54. The summed E-state index contributed by atoms with van der Waals surface area (Å²) in [6.45, 7) is 3.58. The van der Waals surface area contributed by atoms with Gasteiger partial charge < -0.3 is 20.6 Å². The summed E-state index contributed by atoms with van der Waals surface area (Å²) in [5, 5.41) is 16.1. The molecule has 3 N–H and O–H groups in total. The van der Waals surface area contributed by atoms with E-state index >= 15 is 0 Å². The fraction of sp³-hybridized carbons (Fsp3) is 0.280. The molecule has 0 bridgehead atoms. The summed E-state index contributed by atoms with van der Waals surface area (Å²) < 4.78 is 0. The molecule has 1 aliphatic rings. The maximum atomic E-state index is 11.4. The Kier molecular flexibility index (Phi) is 6.18. The van der Waals surface area contributed by atoms with Crippen LogP contribution in [0.1, 0.15) is 46.4 Å². The molecular weight excluding hydrogens is 388 g/mol. The Morgan fingerprint density at radius 1 is 1.19 bits per heavy atom. The average Bonchev–Trinajstić information content (AvgIpc) is 3.20. The highest BCUT2D eigenvalue weighted by molar-refractivity contribution is 5.93. The van der Waals surface area contributed by atoms with E-state index in [4.69, 9.17) is 0 Å². The van der Waals surface area contributed by atoms with Crippen molar-refractivity contribution in [3.63, 3.8) is 0 Å². The van der Waals surface area contributed by atoms with Crippen LogP contribution < -0.4 is 15.5 Å². The highest BCUT2D eigenvalue weighted by Gasteiger charge is 2.23. The molecular formula is C25H28N4O2. The minimum Gasteiger partial charge on any atom is -0.478 e. The second-order valence-electron chi connectivity index (χ2n) is 7.90. The van der Waals surface area contributed by atoms with Crippen LogP contribution in [0.25, 0.3) is 0 Å². The van der Waals surface area contributed by atoms with E-state index in [-0.39, 0.29) is 11.6 Å². The molecule has 0 saturated heterocycles. The maximum Gasteiger partial charge on any atom is 0.337 e. The summed E-state index contributed by atoms with van der Waals surface area (Å²) in [5.41, 5.74) is 6.96. The van der Waals surface area contributed by atoms with E-state index in [1.54, 1.807) is 6.20 Å². The molecule has 160 valence electrons. The third-order valence-electron chi connectivity index (χ3n) is 5.84. The summed E-state index contributed by atoms with van der Waals surface area (Å²) in [7, 11) is 2.09. The maximum absolute atomic E-state index is 11.4. The lowest BCUT2D eigenvalue weighted by atomic mass is 10.0. The summed E-state index contributed by atoms with van der Waals surface area (Å²) >= 11 is 0. The largest absolute Gasteiger partial charge is 0.478 e. The standard InChI is InChI=1S/C25H28N4O2/c1-3-4-17-5-7-19(8-6-17)29(2)20-9-10-21-18(13-20)14-27-24(21)16-28-23-15-26-12-11-22(23)25(30)31/h5-13,15,24,27-28H,3-4,14,16H2,1-2H3,(H,30,31)/t24-/m1/s1. The summed E-state index contributed by atoms with van der Waals surface area (Å²) in [6.07, 6.45) is 5.31. The zero-order chi connectivity index (χ0) is 21.8. The predicted octanol–water partition coefficient (Wildman–Crippen LogP) is 4.76. The van der Waals surface area contributed by atoms with Crippen molar-refractivity contribution in [1.82, 2.24) is 10.3 Å². The first-order valence-corrected chi connectivity index (χ1v) is 10.7. The summed E-state index contributed by atoms with van der Waals surface area (Å²) in [4.78, 5) is 17.6. The molecule has 1 aromatic heterocycles. The van der Waals surface area contributed by atoms with Crippen LogP contribution in [0.4, 0.5) is 17.1 Å². The number of nitrogens with zero attached hydrogens (tertiary/aromatic N) is 2. The van der Waals surface area contributed by atoms with Crippen LogP contribution in [0.3, 0.4) is 0 Å². The number of fused-ring (bicyclic) bond motifs is 1. The number of carbonyl (C=O) groups is 1. The van der Waals surface area contributed by atoms with E-state index < -0.39 is 5.97 Å². The van der Waals surface area contributed by atoms with Gasteiger partial charge in [-0.15, -0.1) is 0 Å². The minimum absolute atomic E-state index is 0.115. The number of rotatable bonds is 8. The SMILES string of the molecule is CCCc1ccc(N(C)c2ccc3c(c2)CN[C@@H]3CNc2cnccc2C(=O)O)cc1. The van der Waals surface area contributed by atoms with Gasteiger partial charge >= 0.3 is 5.97 Å². The monoisotopic (exact) mass is 416 g/mol. The van der Waals surface area contributed by atoms with Gasteiger partial charge in [0.25, 0.3) is 0 Å². The quantitative estimate of drug-likeness (QED) is 0.492. The van der Waals surface area contributed by atoms with Crippen LogP contribution in [-0.4, -0.2) is 29.7 Å². The first kappa shape index (κ1) is 20.9. The van der Waals surface area contributed by atoms with Gasteiger partial charge in [0.1, 0.15) is 0 Å². The van der Waals surface area contributed by atoms with Gasteiger partial charge in [-0.3, -0.25) is 4.98 Å². The fourth-order valence-corrected chi connectivity index (χ4v) is 4.08. The van der Waals surface area contributed by atoms with Crippen LogP contribution in [0, 0.1) is 0 Å². The number of benzene rings is 2. The molecule has 0 aliphatic carbocycles. The molecule has 1 aliphatic heterocycles. The number of carboxylic acid groups (broad SMARTS) is 1. The van der Waals surface area contributed by atoms with E-state index in [2.05, 4.69) is 77.0 Å². The number of hydrogen-bond acceptors (Lipinski definition) is 5. The Morgan fingerprint density at radius 2 is 1.97 bits per heavy atom. The third-order valence-corrected chi connectivity index (χ3v) is 5.84. The Morgan fingerprint density at radius 3 is 2.71 bits per heavy atom. The molecule has 3 aromatic rings. The Balaban J connectivity index is 1.46. The molecule has 6 nitrogen and oxygen atoms in total. The topological polar surface area (TPSA) is 77.5 Å². The highest BCUT2D eigenvalue weighted by Crippen LogP contribution is 2.32. The smallest absolute Gasteiger partial charge is 0.337 e. The molecule has 0 radical (unpaired) electrons. The molecule has 2 aromatic carbocycles. The molecule has 0 amide bonds. The van der Waals surface area contributed by atoms with Crippen molar-refractivity contribution in [1.29, 1.82) is 0 Å². The van der Waals surface area contributed by atoms with Crippen molar-refractivity contribution < 1.29 is 9.90 Å². The number of anilines is 3. The van der Waals surface area contributed by atoms with E-state index in [1.807, 2.05) is 0 Å². The molecule has 31 heavy (non-hydrogen) atoms. The number of aromatic carboxylic acids is 1. The van der Waals surface area contributed by atoms with Gasteiger partial charge in [-0.2, -0.15) is 0 Å². The van der Waals surface area contributed by atoms with Crippen LogP contribution in [0.15, 0.2) is 60.9 Å². The van der Waals surface area contributed by atoms with E-state index in [0.717, 1.165) is 25.1 Å². The van der Waals surface area contributed by atoms with E-state index in [1.165, 1.54) is 34.6 Å². The average molecular weight is 417 g/mol. The van der Waals surface area contributed by atoms with Crippen LogP contribution in [-0.2, 0) is 13.0 Å². The number of pyridine rings is 1. The van der Waals surface area contributed by atoms with Crippen molar-refractivity contribution in [2.75, 3.05) is 23.8 Å². The fourth-order valence-electron chi connectivity index (χ4n) is 4.08. The van der Waals surface area contributed by atoms with Gasteiger partial charge in [-0.1, -0.05) is 31.5 Å². The van der Waals surface area contributed by atoms with Crippen molar-refractivity contribution >= 4 is 23.0 Å². The van der Waals surface area contributed by atoms with Gasteiger partial charge in [0.05, 0.1) is 23.5 Å². The van der Waals surface area contributed by atoms with Gasteiger partial charge in [-0.25, -0.2) is 4.79 Å². The number of carboxylic acids is 1. The van der Waals surface area contributed by atoms with Crippen molar-refractivity contribution in [3.05, 3.63) is 83.2 Å². The van der Waals surface area contributed by atoms with Crippen LogP contribution >= 0.6 is 0 Å². The molecule has 0 unspecified atom stereocenters. The van der Waals surface area contributed by atoms with Gasteiger partial charge in [0.2, 0.25) is 0 Å². The van der Waals surface area contributed by atoms with Crippen molar-refractivity contribution in [2.45, 2.75) is 32.4 Å². The second-order valence-corrected chi connectivity index (χ2v) is 7.90. The summed E-state index contributed by atoms with van der Waals surface area (Å²) in [6, 6.07) is 16.9. The minimum atomic E-state index is -0.958. The normalized spacial score (nSPS) is 14.8. The van der Waals surface area contributed by atoms with Gasteiger partial charge in [-0.05, 0) is 53.4 Å². The number of nitrogens with one attached hydrogen (secondary N) is 2. The molecule has 0 saturated carbocycles. The van der Waals surface area contributed by atoms with Crippen molar-refractivity contribution in [2.24, 2.45) is 0 Å². The molecule has 0 fully saturated rings. The zero-order valence-corrected chi connectivity index (χ0v) is 17.9.